The maximum absolute atomic E-state index is 12.8. The van der Waals surface area contributed by atoms with Gasteiger partial charge in [-0.2, -0.15) is 0 Å². The van der Waals surface area contributed by atoms with E-state index >= 15 is 0 Å². The van der Waals surface area contributed by atoms with Gasteiger partial charge in [-0.25, -0.2) is 0 Å². The van der Waals surface area contributed by atoms with Gasteiger partial charge in [-0.3, -0.25) is 9.78 Å². The molecule has 1 fully saturated rings. The van der Waals surface area contributed by atoms with Crippen molar-refractivity contribution in [2.45, 2.75) is 39.3 Å². The van der Waals surface area contributed by atoms with Crippen molar-refractivity contribution in [3.05, 3.63) is 112 Å². The molecule has 2 aromatic carbocycles. The van der Waals surface area contributed by atoms with Crippen LogP contribution in [0.15, 0.2) is 79.0 Å². The molecule has 0 radical (unpaired) electrons. The van der Waals surface area contributed by atoms with Gasteiger partial charge in [0.2, 0.25) is 5.91 Å². The lowest BCUT2D eigenvalue weighted by Crippen LogP contribution is -2.32. The zero-order valence-corrected chi connectivity index (χ0v) is 23.2. The van der Waals surface area contributed by atoms with Crippen LogP contribution in [0.3, 0.4) is 0 Å². The van der Waals surface area contributed by atoms with Gasteiger partial charge < -0.3 is 20.1 Å². The van der Waals surface area contributed by atoms with Gasteiger partial charge in [0.1, 0.15) is 0 Å². The minimum atomic E-state index is -0.157. The first-order valence-corrected chi connectivity index (χ1v) is 13.4. The third kappa shape index (κ3) is 5.04. The first-order valence-electron chi connectivity index (χ1n) is 12.6. The minimum absolute atomic E-state index is 0.0564. The van der Waals surface area contributed by atoms with Gasteiger partial charge in [0.15, 0.2) is 5.11 Å². The number of amides is 1. The van der Waals surface area contributed by atoms with E-state index in [4.69, 9.17) is 23.8 Å². The number of hydrogen-bond donors (Lipinski definition) is 2. The summed E-state index contributed by atoms with van der Waals surface area (Å²) in [4.78, 5) is 19.6. The summed E-state index contributed by atoms with van der Waals surface area (Å²) in [6, 6.07) is 23.3. The van der Waals surface area contributed by atoms with E-state index in [0.29, 0.717) is 18.1 Å². The Morgan fingerprint density at radius 3 is 2.55 bits per heavy atom. The Kier molecular flexibility index (Phi) is 7.49. The summed E-state index contributed by atoms with van der Waals surface area (Å²) in [5.41, 5.74) is 7.09. The second-order valence-electron chi connectivity index (χ2n) is 9.53. The largest absolute Gasteiger partial charge is 0.352 e. The molecule has 2 N–H and O–H groups in total. The second-order valence-corrected chi connectivity index (χ2v) is 10.3. The molecule has 2 atom stereocenters. The predicted octanol–water partition coefficient (Wildman–Crippen LogP) is 6.45. The monoisotopic (exact) mass is 543 g/mol. The number of benzene rings is 2. The molecule has 2 aromatic heterocycles. The predicted molar refractivity (Wildman–Crippen MR) is 157 cm³/mol. The van der Waals surface area contributed by atoms with E-state index in [1.807, 2.05) is 67.6 Å². The van der Waals surface area contributed by atoms with Crippen LogP contribution in [0.1, 0.15) is 46.7 Å². The number of aryl methyl sites for hydroxylation is 1. The van der Waals surface area contributed by atoms with Crippen LogP contribution in [0.2, 0.25) is 5.02 Å². The fourth-order valence-electron chi connectivity index (χ4n) is 5.25. The average Bonchev–Trinajstić information content (AvgIpc) is 3.40. The Bertz CT molecular complexity index is 1470. The van der Waals surface area contributed by atoms with Gasteiger partial charge in [0, 0.05) is 46.9 Å². The molecule has 4 aromatic rings. The van der Waals surface area contributed by atoms with Crippen LogP contribution < -0.4 is 10.6 Å². The Hall–Kier alpha value is -3.68. The first kappa shape index (κ1) is 25.9. The number of rotatable bonds is 7. The molecule has 194 valence electrons. The molecule has 1 aliphatic heterocycles. The summed E-state index contributed by atoms with van der Waals surface area (Å²) in [5.74, 6) is -0.0564. The van der Waals surface area contributed by atoms with Gasteiger partial charge in [-0.1, -0.05) is 41.9 Å². The van der Waals surface area contributed by atoms with Crippen molar-refractivity contribution < 1.29 is 4.79 Å². The molecule has 3 heterocycles. The van der Waals surface area contributed by atoms with Crippen molar-refractivity contribution in [3.63, 3.8) is 0 Å². The summed E-state index contributed by atoms with van der Waals surface area (Å²) < 4.78 is 2.24. The molecule has 8 heteroatoms. The zero-order valence-electron chi connectivity index (χ0n) is 21.6. The van der Waals surface area contributed by atoms with Crippen LogP contribution >= 0.6 is 23.8 Å². The van der Waals surface area contributed by atoms with Crippen LogP contribution in [-0.4, -0.2) is 32.0 Å². The van der Waals surface area contributed by atoms with Crippen molar-refractivity contribution in [3.8, 4) is 5.69 Å². The molecule has 1 amide bonds. The van der Waals surface area contributed by atoms with Gasteiger partial charge in [0.05, 0.1) is 17.8 Å². The number of hydrogen-bond acceptors (Lipinski definition) is 3. The fourth-order valence-corrected chi connectivity index (χ4v) is 5.75. The van der Waals surface area contributed by atoms with Crippen LogP contribution in [0.5, 0.6) is 0 Å². The number of thiocarbonyl (C=S) groups is 1. The van der Waals surface area contributed by atoms with Gasteiger partial charge in [-0.05, 0) is 86.6 Å². The SMILES string of the molecule is Cc1c(Cl)cccc1-n1c(C)cc(C2C(c3ccccn3)NC(=S)N2CCC(=O)Nc2ccccc2)c1C. The molecule has 0 saturated carbocycles. The third-order valence-corrected chi connectivity index (χ3v) is 7.87. The Labute approximate surface area is 233 Å². The van der Waals surface area contributed by atoms with Crippen LogP contribution in [-0.2, 0) is 4.79 Å². The standard InChI is InChI=1S/C30H30ClN5OS/c1-19-18-23(21(3)36(19)26-14-9-12-24(31)20(26)2)29-28(25-13-7-8-16-32-25)34-30(38)35(29)17-15-27(37)33-22-10-5-4-6-11-22/h4-14,16,18,28-29H,15,17H2,1-3H3,(H,33,37)(H,34,38). The lowest BCUT2D eigenvalue weighted by molar-refractivity contribution is -0.116. The molecule has 38 heavy (non-hydrogen) atoms. The summed E-state index contributed by atoms with van der Waals surface area (Å²) in [6.07, 6.45) is 2.10. The van der Waals surface area contributed by atoms with Crippen LogP contribution in [0.4, 0.5) is 5.69 Å². The average molecular weight is 544 g/mol. The van der Waals surface area contributed by atoms with Gasteiger partial charge >= 0.3 is 0 Å². The summed E-state index contributed by atoms with van der Waals surface area (Å²) >= 11 is 12.3. The van der Waals surface area contributed by atoms with Gasteiger partial charge in [-0.15, -0.1) is 0 Å². The van der Waals surface area contributed by atoms with Crippen LogP contribution in [0.25, 0.3) is 5.69 Å². The normalized spacial score (nSPS) is 16.9. The molecule has 5 rings (SSSR count). The minimum Gasteiger partial charge on any atom is -0.352 e. The lowest BCUT2D eigenvalue weighted by atomic mass is 9.96. The number of carbonyl (C=O) groups is 1. The van der Waals surface area contributed by atoms with E-state index in [2.05, 4.69) is 51.1 Å². The number of para-hydroxylation sites is 1. The summed E-state index contributed by atoms with van der Waals surface area (Å²) in [7, 11) is 0. The molecule has 2 unspecified atom stereocenters. The Balaban J connectivity index is 1.50. The molecule has 1 aliphatic rings. The quantitative estimate of drug-likeness (QED) is 0.262. The Morgan fingerprint density at radius 2 is 1.82 bits per heavy atom. The highest BCUT2D eigenvalue weighted by Gasteiger charge is 2.41. The number of anilines is 1. The summed E-state index contributed by atoms with van der Waals surface area (Å²) in [6.45, 7) is 6.74. The maximum Gasteiger partial charge on any atom is 0.226 e. The third-order valence-electron chi connectivity index (χ3n) is 7.10. The molecule has 0 bridgehead atoms. The molecule has 0 aliphatic carbocycles. The highest BCUT2D eigenvalue weighted by Crippen LogP contribution is 2.42. The maximum atomic E-state index is 12.8. The number of aromatic nitrogens is 2. The van der Waals surface area contributed by atoms with Crippen molar-refractivity contribution in [2.75, 3.05) is 11.9 Å². The lowest BCUT2D eigenvalue weighted by Gasteiger charge is -2.28. The van der Waals surface area contributed by atoms with E-state index in [-0.39, 0.29) is 18.0 Å². The smallest absolute Gasteiger partial charge is 0.226 e. The van der Waals surface area contributed by atoms with E-state index < -0.39 is 0 Å². The topological polar surface area (TPSA) is 62.2 Å². The molecule has 6 nitrogen and oxygen atoms in total. The second kappa shape index (κ2) is 11.0. The van der Waals surface area contributed by atoms with E-state index in [9.17, 15) is 4.79 Å². The van der Waals surface area contributed by atoms with Crippen molar-refractivity contribution in [1.82, 2.24) is 19.8 Å². The van der Waals surface area contributed by atoms with Crippen LogP contribution in [0, 0.1) is 20.8 Å². The first-order chi connectivity index (χ1) is 18.3. The molecular formula is C30H30ClN5OS. The van der Waals surface area contributed by atoms with Gasteiger partial charge in [0.25, 0.3) is 0 Å². The number of nitrogens with zero attached hydrogens (tertiary/aromatic N) is 3. The summed E-state index contributed by atoms with van der Waals surface area (Å²) in [5, 5.41) is 7.82. The number of carbonyl (C=O) groups excluding carboxylic acids is 1. The fraction of sp³-hybridized carbons (Fsp3) is 0.233. The van der Waals surface area contributed by atoms with Crippen molar-refractivity contribution >= 4 is 40.5 Å². The van der Waals surface area contributed by atoms with Crippen molar-refractivity contribution in [1.29, 1.82) is 0 Å². The number of halogens is 1. The zero-order chi connectivity index (χ0) is 26.8. The molecule has 0 spiro atoms. The van der Waals surface area contributed by atoms with E-state index in [0.717, 1.165) is 44.6 Å². The molecular weight excluding hydrogens is 514 g/mol. The molecule has 1 saturated heterocycles. The number of nitrogens with one attached hydrogen (secondary N) is 2. The van der Waals surface area contributed by atoms with Crippen molar-refractivity contribution in [2.24, 2.45) is 0 Å². The van der Waals surface area contributed by atoms with E-state index in [1.165, 1.54) is 0 Å². The highest BCUT2D eigenvalue weighted by molar-refractivity contribution is 7.80. The Morgan fingerprint density at radius 1 is 1.05 bits per heavy atom. The highest BCUT2D eigenvalue weighted by atomic mass is 35.5. The number of pyridine rings is 1. The van der Waals surface area contributed by atoms with E-state index in [1.54, 1.807) is 6.20 Å².